The van der Waals surface area contributed by atoms with Crippen LogP contribution in [0.2, 0.25) is 0 Å². The molecule has 0 spiro atoms. The first-order valence-electron chi connectivity index (χ1n) is 8.74. The average molecular weight is 387 g/mol. The van der Waals surface area contributed by atoms with E-state index in [4.69, 9.17) is 10.6 Å². The van der Waals surface area contributed by atoms with Crippen LogP contribution in [-0.2, 0) is 4.74 Å². The molecule has 3 atom stereocenters. The Morgan fingerprint density at radius 1 is 1.30 bits per heavy atom. The van der Waals surface area contributed by atoms with Crippen LogP contribution < -0.4 is 11.3 Å². The molecule has 27 heavy (non-hydrogen) atoms. The van der Waals surface area contributed by atoms with E-state index < -0.39 is 23.9 Å². The second kappa shape index (κ2) is 6.83. The van der Waals surface area contributed by atoms with E-state index in [2.05, 4.69) is 10.4 Å². The summed E-state index contributed by atoms with van der Waals surface area (Å²) >= 11 is 0. The molecule has 2 saturated heterocycles. The molecular weight excluding hydrogens is 363 g/mol. The van der Waals surface area contributed by atoms with E-state index in [1.54, 1.807) is 25.7 Å². The zero-order valence-corrected chi connectivity index (χ0v) is 15.5. The number of ether oxygens (including phenoxy) is 1. The molecule has 10 heteroatoms. The van der Waals surface area contributed by atoms with E-state index in [-0.39, 0.29) is 30.7 Å². The summed E-state index contributed by atoms with van der Waals surface area (Å²) in [5, 5.41) is 0. The highest BCUT2D eigenvalue weighted by atomic mass is 19.4. The normalized spacial score (nSPS) is 24.2. The number of halogens is 3. The van der Waals surface area contributed by atoms with Crippen molar-refractivity contribution in [2.75, 3.05) is 18.5 Å². The van der Waals surface area contributed by atoms with Gasteiger partial charge >= 0.3 is 12.3 Å². The van der Waals surface area contributed by atoms with Crippen LogP contribution in [0.15, 0.2) is 18.3 Å². The van der Waals surface area contributed by atoms with Gasteiger partial charge in [0.2, 0.25) is 0 Å². The molecule has 2 aliphatic heterocycles. The SMILES string of the molecule is CC(C)(C)OC(=O)N1C[C@@H]2C[C@H]1CN2[C@@H](c1ccc(NN)nc1)C(F)(F)F. The Labute approximate surface area is 155 Å². The minimum atomic E-state index is -4.46. The van der Waals surface area contributed by atoms with Gasteiger partial charge in [0.15, 0.2) is 0 Å². The van der Waals surface area contributed by atoms with Crippen LogP contribution in [0.5, 0.6) is 0 Å². The molecule has 7 nitrogen and oxygen atoms in total. The number of amides is 1. The largest absolute Gasteiger partial charge is 0.444 e. The van der Waals surface area contributed by atoms with Crippen LogP contribution in [-0.4, -0.2) is 57.8 Å². The number of rotatable bonds is 3. The number of fused-ring (bicyclic) bond motifs is 2. The van der Waals surface area contributed by atoms with Crippen molar-refractivity contribution in [2.24, 2.45) is 5.84 Å². The van der Waals surface area contributed by atoms with Crippen LogP contribution in [0, 0.1) is 0 Å². The van der Waals surface area contributed by atoms with Gasteiger partial charge < -0.3 is 15.1 Å². The molecule has 0 aromatic carbocycles. The maximum atomic E-state index is 13.8. The second-order valence-electron chi connectivity index (χ2n) is 7.94. The van der Waals surface area contributed by atoms with Crippen molar-refractivity contribution in [1.82, 2.24) is 14.8 Å². The number of hydrogen-bond donors (Lipinski definition) is 2. The molecule has 2 fully saturated rings. The number of aromatic nitrogens is 1. The van der Waals surface area contributed by atoms with Gasteiger partial charge in [-0.05, 0) is 38.8 Å². The predicted octanol–water partition coefficient (Wildman–Crippen LogP) is 2.66. The van der Waals surface area contributed by atoms with E-state index in [1.165, 1.54) is 23.2 Å². The maximum Gasteiger partial charge on any atom is 0.410 e. The van der Waals surface area contributed by atoms with E-state index >= 15 is 0 Å². The number of pyridine rings is 1. The average Bonchev–Trinajstić information content (AvgIpc) is 3.13. The molecule has 0 aliphatic carbocycles. The van der Waals surface area contributed by atoms with Gasteiger partial charge in [0.25, 0.3) is 0 Å². The fourth-order valence-electron chi connectivity index (χ4n) is 3.78. The van der Waals surface area contributed by atoms with Gasteiger partial charge in [0.05, 0.1) is 0 Å². The number of anilines is 1. The molecule has 150 valence electrons. The molecule has 0 unspecified atom stereocenters. The number of carbonyl (C=O) groups is 1. The van der Waals surface area contributed by atoms with Crippen molar-refractivity contribution < 1.29 is 22.7 Å². The lowest BCUT2D eigenvalue weighted by molar-refractivity contribution is -0.191. The number of hydrogen-bond acceptors (Lipinski definition) is 6. The molecule has 1 amide bonds. The fraction of sp³-hybridized carbons (Fsp3) is 0.647. The summed E-state index contributed by atoms with van der Waals surface area (Å²) in [5.41, 5.74) is 1.71. The number of nitrogen functional groups attached to an aromatic ring is 1. The minimum Gasteiger partial charge on any atom is -0.444 e. The Morgan fingerprint density at radius 3 is 2.44 bits per heavy atom. The van der Waals surface area contributed by atoms with Crippen LogP contribution in [0.25, 0.3) is 0 Å². The molecule has 3 N–H and O–H groups in total. The lowest BCUT2D eigenvalue weighted by Crippen LogP contribution is -2.53. The lowest BCUT2D eigenvalue weighted by Gasteiger charge is -2.39. The van der Waals surface area contributed by atoms with Crippen molar-refractivity contribution in [3.8, 4) is 0 Å². The lowest BCUT2D eigenvalue weighted by atomic mass is 10.1. The number of nitrogens with zero attached hydrogens (tertiary/aromatic N) is 3. The van der Waals surface area contributed by atoms with Gasteiger partial charge in [-0.15, -0.1) is 0 Å². The van der Waals surface area contributed by atoms with Gasteiger partial charge in [-0.2, -0.15) is 13.2 Å². The fourth-order valence-corrected chi connectivity index (χ4v) is 3.78. The van der Waals surface area contributed by atoms with Crippen LogP contribution in [0.1, 0.15) is 38.8 Å². The van der Waals surface area contributed by atoms with Gasteiger partial charge in [0.1, 0.15) is 17.5 Å². The number of nitrogens with two attached hydrogens (primary N) is 1. The highest BCUT2D eigenvalue weighted by molar-refractivity contribution is 5.69. The Kier molecular flexibility index (Phi) is 4.98. The van der Waals surface area contributed by atoms with Crippen LogP contribution in [0.3, 0.4) is 0 Å². The summed E-state index contributed by atoms with van der Waals surface area (Å²) in [6.07, 6.45) is -3.24. The minimum absolute atomic E-state index is 0.0536. The zero-order valence-electron chi connectivity index (χ0n) is 15.5. The number of likely N-dealkylation sites (tertiary alicyclic amines) is 2. The Balaban J connectivity index is 1.77. The summed E-state index contributed by atoms with van der Waals surface area (Å²) < 4.78 is 46.8. The topological polar surface area (TPSA) is 83.7 Å². The molecular formula is C17H24F3N5O2. The van der Waals surface area contributed by atoms with E-state index in [9.17, 15) is 18.0 Å². The van der Waals surface area contributed by atoms with Crippen molar-refractivity contribution in [3.63, 3.8) is 0 Å². The van der Waals surface area contributed by atoms with Crippen molar-refractivity contribution in [2.45, 2.75) is 57.1 Å². The molecule has 1 aromatic heterocycles. The van der Waals surface area contributed by atoms with Gasteiger partial charge in [-0.3, -0.25) is 4.90 Å². The Morgan fingerprint density at radius 2 is 2.00 bits per heavy atom. The van der Waals surface area contributed by atoms with E-state index in [0.29, 0.717) is 12.2 Å². The second-order valence-corrected chi connectivity index (χ2v) is 7.94. The monoisotopic (exact) mass is 387 g/mol. The zero-order chi connectivity index (χ0) is 20.0. The van der Waals surface area contributed by atoms with Gasteiger partial charge in [-0.1, -0.05) is 6.07 Å². The summed E-state index contributed by atoms with van der Waals surface area (Å²) in [4.78, 5) is 19.2. The number of piperazine rings is 1. The van der Waals surface area contributed by atoms with Crippen molar-refractivity contribution in [3.05, 3.63) is 23.9 Å². The first kappa shape index (κ1) is 19.7. The molecule has 1 aromatic rings. The van der Waals surface area contributed by atoms with Gasteiger partial charge in [-0.25, -0.2) is 15.6 Å². The van der Waals surface area contributed by atoms with Gasteiger partial charge in [0, 0.05) is 31.4 Å². The first-order chi connectivity index (χ1) is 12.5. The maximum absolute atomic E-state index is 13.8. The predicted molar refractivity (Wildman–Crippen MR) is 92.7 cm³/mol. The summed E-state index contributed by atoms with van der Waals surface area (Å²) in [6.45, 7) is 5.65. The third-order valence-electron chi connectivity index (χ3n) is 4.80. The molecule has 0 saturated carbocycles. The van der Waals surface area contributed by atoms with Crippen LogP contribution >= 0.6 is 0 Å². The third kappa shape index (κ3) is 4.11. The number of nitrogens with one attached hydrogen (secondary N) is 1. The van der Waals surface area contributed by atoms with Crippen molar-refractivity contribution in [1.29, 1.82) is 0 Å². The van der Waals surface area contributed by atoms with Crippen molar-refractivity contribution >= 4 is 11.9 Å². The first-order valence-corrected chi connectivity index (χ1v) is 8.74. The van der Waals surface area contributed by atoms with E-state index in [1.807, 2.05) is 0 Å². The summed E-state index contributed by atoms with van der Waals surface area (Å²) in [7, 11) is 0. The quantitative estimate of drug-likeness (QED) is 0.613. The highest BCUT2D eigenvalue weighted by Gasteiger charge is 2.55. The summed E-state index contributed by atoms with van der Waals surface area (Å²) in [5.74, 6) is 5.52. The smallest absolute Gasteiger partial charge is 0.410 e. The molecule has 3 rings (SSSR count). The Hall–Kier alpha value is -2.07. The molecule has 0 radical (unpaired) electrons. The third-order valence-corrected chi connectivity index (χ3v) is 4.80. The Bertz CT molecular complexity index is 689. The van der Waals surface area contributed by atoms with E-state index in [0.717, 1.165) is 0 Å². The highest BCUT2D eigenvalue weighted by Crippen LogP contribution is 2.44. The standard InChI is InChI=1S/C17H24F3N5O2/c1-16(2,3)27-15(26)25-9-11-6-12(25)8-24(11)14(17(18,19)20)10-4-5-13(23-21)22-7-10/h4-5,7,11-12,14H,6,8-9,21H2,1-3H3,(H,22,23)/t11-,12-,14-/m0/s1. The number of carbonyl (C=O) groups excluding carboxylic acids is 1. The molecule has 2 aliphatic rings. The number of alkyl halides is 3. The molecule has 3 heterocycles. The summed E-state index contributed by atoms with van der Waals surface area (Å²) in [6, 6.07) is 0.356. The number of hydrazine groups is 1. The molecule has 2 bridgehead atoms. The van der Waals surface area contributed by atoms with Crippen LogP contribution in [0.4, 0.5) is 23.8 Å².